The quantitative estimate of drug-likeness (QED) is 0.463. The van der Waals surface area contributed by atoms with Crippen LogP contribution in [0.2, 0.25) is 5.02 Å². The molecule has 1 heterocycles. The number of aliphatic hydroxyl groups excluding tert-OH is 1. The largest absolute Gasteiger partial charge is 0.511 e. The Morgan fingerprint density at radius 3 is 2.67 bits per heavy atom. The van der Waals surface area contributed by atoms with E-state index in [0.29, 0.717) is 6.42 Å². The zero-order valence-corrected chi connectivity index (χ0v) is 14.1. The van der Waals surface area contributed by atoms with Crippen LogP contribution in [0, 0.1) is 0 Å². The summed E-state index contributed by atoms with van der Waals surface area (Å²) in [6, 6.07) is 0. The van der Waals surface area contributed by atoms with Crippen LogP contribution in [0.3, 0.4) is 0 Å². The molecule has 0 saturated heterocycles. The van der Waals surface area contributed by atoms with Crippen molar-refractivity contribution < 1.29 is 24.2 Å². The number of aromatic nitrogens is 2. The third kappa shape index (κ3) is 3.49. The standard InChI is InChI=1S/C15H17ClN2O6/c1-18-15(22)14(24-7-6-23-2)11(16)12(17-18)13(21)10-8(19)4-3-5-9(10)20/h19H,3-7H2,1-2H3. The number of allylic oxidation sites excluding steroid dienone is 2. The van der Waals surface area contributed by atoms with Crippen molar-refractivity contribution in [3.05, 3.63) is 32.4 Å². The Kier molecular flexibility index (Phi) is 5.74. The highest BCUT2D eigenvalue weighted by atomic mass is 35.5. The van der Waals surface area contributed by atoms with Crippen molar-refractivity contribution in [3.63, 3.8) is 0 Å². The van der Waals surface area contributed by atoms with Crippen molar-refractivity contribution in [1.82, 2.24) is 9.78 Å². The van der Waals surface area contributed by atoms with Crippen LogP contribution >= 0.6 is 11.6 Å². The molecule has 8 nitrogen and oxygen atoms in total. The summed E-state index contributed by atoms with van der Waals surface area (Å²) in [4.78, 5) is 36.6. The monoisotopic (exact) mass is 356 g/mol. The Balaban J connectivity index is 2.49. The van der Waals surface area contributed by atoms with E-state index in [1.807, 2.05) is 0 Å². The van der Waals surface area contributed by atoms with E-state index in [0.717, 1.165) is 4.68 Å². The van der Waals surface area contributed by atoms with Crippen molar-refractivity contribution in [2.75, 3.05) is 20.3 Å². The first-order valence-corrected chi connectivity index (χ1v) is 7.64. The molecule has 0 fully saturated rings. The highest BCUT2D eigenvalue weighted by Gasteiger charge is 2.31. The number of nitrogens with zero attached hydrogens (tertiary/aromatic N) is 2. The average molecular weight is 357 g/mol. The Morgan fingerprint density at radius 2 is 2.04 bits per heavy atom. The first-order valence-electron chi connectivity index (χ1n) is 7.27. The molecule has 0 spiro atoms. The number of halogens is 1. The molecule has 130 valence electrons. The normalized spacial score (nSPS) is 14.9. The number of carbonyl (C=O) groups excluding carboxylic acids is 2. The fraction of sp³-hybridized carbons (Fsp3) is 0.467. The van der Waals surface area contributed by atoms with Crippen molar-refractivity contribution in [1.29, 1.82) is 0 Å². The molecule has 0 amide bonds. The molecule has 0 bridgehead atoms. The lowest BCUT2D eigenvalue weighted by Crippen LogP contribution is -2.28. The summed E-state index contributed by atoms with van der Waals surface area (Å²) in [5.41, 5.74) is -1.28. The Labute approximate surface area is 142 Å². The van der Waals surface area contributed by atoms with Gasteiger partial charge in [-0.15, -0.1) is 0 Å². The first-order chi connectivity index (χ1) is 11.4. The van der Waals surface area contributed by atoms with Crippen LogP contribution < -0.4 is 10.3 Å². The molecule has 1 aliphatic carbocycles. The Bertz CT molecular complexity index is 768. The maximum atomic E-state index is 12.6. The van der Waals surface area contributed by atoms with Gasteiger partial charge in [0.25, 0.3) is 0 Å². The van der Waals surface area contributed by atoms with Crippen molar-refractivity contribution in [2.45, 2.75) is 19.3 Å². The van der Waals surface area contributed by atoms with E-state index < -0.39 is 17.1 Å². The van der Waals surface area contributed by atoms with Gasteiger partial charge in [-0.2, -0.15) is 5.10 Å². The van der Waals surface area contributed by atoms with Crippen LogP contribution in [0.5, 0.6) is 5.75 Å². The van der Waals surface area contributed by atoms with Crippen molar-refractivity contribution in [2.24, 2.45) is 7.05 Å². The SMILES string of the molecule is COCCOc1c(Cl)c(C(=O)C2=C(O)CCCC2=O)nn(C)c1=O. The van der Waals surface area contributed by atoms with E-state index in [1.54, 1.807) is 0 Å². The second-order valence-electron chi connectivity index (χ2n) is 5.19. The smallest absolute Gasteiger partial charge is 0.310 e. The topological polar surface area (TPSA) is 108 Å². The number of Topliss-reactive ketones (excluding diaryl/α,β-unsaturated/α-hetero) is 2. The van der Waals surface area contributed by atoms with Gasteiger partial charge in [0, 0.05) is 27.0 Å². The second kappa shape index (κ2) is 7.59. The summed E-state index contributed by atoms with van der Waals surface area (Å²) in [5, 5.41) is 13.4. The van der Waals surface area contributed by atoms with Gasteiger partial charge in [-0.05, 0) is 6.42 Å². The van der Waals surface area contributed by atoms with E-state index in [2.05, 4.69) is 5.10 Å². The maximum Gasteiger partial charge on any atom is 0.310 e. The van der Waals surface area contributed by atoms with Crippen molar-refractivity contribution in [3.8, 4) is 5.75 Å². The molecule has 0 unspecified atom stereocenters. The molecule has 0 saturated carbocycles. The third-order valence-corrected chi connectivity index (χ3v) is 3.86. The summed E-state index contributed by atoms with van der Waals surface area (Å²) in [7, 11) is 2.80. The molecule has 0 aliphatic heterocycles. The molecule has 9 heteroatoms. The number of hydrogen-bond donors (Lipinski definition) is 1. The second-order valence-corrected chi connectivity index (χ2v) is 5.57. The Hall–Kier alpha value is -2.19. The Morgan fingerprint density at radius 1 is 1.33 bits per heavy atom. The number of rotatable bonds is 6. The van der Waals surface area contributed by atoms with Gasteiger partial charge in [-0.25, -0.2) is 4.68 Å². The van der Waals surface area contributed by atoms with Gasteiger partial charge in [0.1, 0.15) is 23.0 Å². The molecule has 1 aliphatic rings. The number of aryl methyl sites for hydroxylation is 1. The summed E-state index contributed by atoms with van der Waals surface area (Å²) in [5.74, 6) is -1.84. The first kappa shape index (κ1) is 18.2. The predicted octanol–water partition coefficient (Wildman–Crippen LogP) is 1.21. The number of ketones is 2. The minimum Gasteiger partial charge on any atom is -0.511 e. The highest BCUT2D eigenvalue weighted by Crippen LogP contribution is 2.28. The molecular weight excluding hydrogens is 340 g/mol. The van der Waals surface area contributed by atoms with Gasteiger partial charge >= 0.3 is 5.56 Å². The van der Waals surface area contributed by atoms with E-state index in [1.165, 1.54) is 14.2 Å². The van der Waals surface area contributed by atoms with Crippen LogP contribution in [0.4, 0.5) is 0 Å². The van der Waals surface area contributed by atoms with Crippen LogP contribution in [0.25, 0.3) is 0 Å². The highest BCUT2D eigenvalue weighted by molar-refractivity contribution is 6.38. The van der Waals surface area contributed by atoms with Gasteiger partial charge in [-0.1, -0.05) is 11.6 Å². The summed E-state index contributed by atoms with van der Waals surface area (Å²) >= 11 is 6.10. The summed E-state index contributed by atoms with van der Waals surface area (Å²) in [6.07, 6.45) is 0.861. The van der Waals surface area contributed by atoms with Gasteiger partial charge in [0.05, 0.1) is 6.61 Å². The molecule has 0 atom stereocenters. The predicted molar refractivity (Wildman–Crippen MR) is 84.7 cm³/mol. The lowest BCUT2D eigenvalue weighted by Gasteiger charge is -2.15. The number of carbonyl (C=O) groups is 2. The lowest BCUT2D eigenvalue weighted by atomic mass is 9.92. The van der Waals surface area contributed by atoms with Gasteiger partial charge < -0.3 is 14.6 Å². The maximum absolute atomic E-state index is 12.6. The van der Waals surface area contributed by atoms with E-state index in [9.17, 15) is 19.5 Å². The van der Waals surface area contributed by atoms with E-state index in [4.69, 9.17) is 21.1 Å². The molecule has 1 N–H and O–H groups in total. The van der Waals surface area contributed by atoms with Crippen LogP contribution in [-0.4, -0.2) is 46.8 Å². The molecule has 0 aromatic carbocycles. The molecule has 24 heavy (non-hydrogen) atoms. The number of ether oxygens (including phenoxy) is 2. The van der Waals surface area contributed by atoms with E-state index >= 15 is 0 Å². The molecule has 2 rings (SSSR count). The molecule has 0 radical (unpaired) electrons. The number of hydrogen-bond acceptors (Lipinski definition) is 7. The molecule has 1 aromatic heterocycles. The summed E-state index contributed by atoms with van der Waals surface area (Å²) in [6.45, 7) is 0.269. The van der Waals surface area contributed by atoms with Crippen LogP contribution in [0.1, 0.15) is 29.8 Å². The fourth-order valence-electron chi connectivity index (χ4n) is 2.29. The van der Waals surface area contributed by atoms with Gasteiger partial charge in [0.2, 0.25) is 11.5 Å². The summed E-state index contributed by atoms with van der Waals surface area (Å²) < 4.78 is 11.0. The van der Waals surface area contributed by atoms with Gasteiger partial charge in [0.15, 0.2) is 11.5 Å². The minimum absolute atomic E-state index is 0.0516. The number of aliphatic hydroxyl groups is 1. The van der Waals surface area contributed by atoms with Crippen molar-refractivity contribution >= 4 is 23.2 Å². The van der Waals surface area contributed by atoms with E-state index in [-0.39, 0.29) is 53.9 Å². The number of methoxy groups -OCH3 is 1. The lowest BCUT2D eigenvalue weighted by molar-refractivity contribution is -0.116. The van der Waals surface area contributed by atoms with Crippen LogP contribution in [0.15, 0.2) is 16.1 Å². The zero-order valence-electron chi connectivity index (χ0n) is 13.3. The minimum atomic E-state index is -0.825. The van der Waals surface area contributed by atoms with Gasteiger partial charge in [-0.3, -0.25) is 14.4 Å². The molecular formula is C15H17ClN2O6. The third-order valence-electron chi connectivity index (χ3n) is 3.51. The fourth-order valence-corrected chi connectivity index (χ4v) is 2.55. The zero-order chi connectivity index (χ0) is 17.9. The average Bonchev–Trinajstić information content (AvgIpc) is 2.54. The molecule has 1 aromatic rings. The van der Waals surface area contributed by atoms with Crippen LogP contribution in [-0.2, 0) is 16.6 Å².